The first-order chi connectivity index (χ1) is 7.11. The Morgan fingerprint density at radius 2 is 2.20 bits per heavy atom. The third-order valence-electron chi connectivity index (χ3n) is 2.18. The Morgan fingerprint density at radius 3 is 2.87 bits per heavy atom. The second kappa shape index (κ2) is 3.20. The van der Waals surface area contributed by atoms with E-state index in [1.165, 1.54) is 0 Å². The number of aromatic nitrogens is 2. The van der Waals surface area contributed by atoms with Gasteiger partial charge in [0.1, 0.15) is 5.65 Å². The molecular formula is C10H8N2O3. The van der Waals surface area contributed by atoms with Crippen molar-refractivity contribution in [2.75, 3.05) is 0 Å². The maximum atomic E-state index is 11.4. The fourth-order valence-corrected chi connectivity index (χ4v) is 1.55. The monoisotopic (exact) mass is 204 g/mol. The molecule has 0 spiro atoms. The molecule has 0 atom stereocenters. The molecule has 2 aromatic heterocycles. The number of H-pyrrole nitrogens is 1. The maximum Gasteiger partial charge on any atom is 0.377 e. The third kappa shape index (κ3) is 1.38. The van der Waals surface area contributed by atoms with Gasteiger partial charge < -0.3 is 10.1 Å². The molecule has 2 rings (SSSR count). The van der Waals surface area contributed by atoms with Crippen LogP contribution in [-0.2, 0) is 4.79 Å². The average molecular weight is 204 g/mol. The van der Waals surface area contributed by atoms with Gasteiger partial charge >= 0.3 is 5.97 Å². The van der Waals surface area contributed by atoms with Crippen LogP contribution in [0.15, 0.2) is 18.3 Å². The number of pyridine rings is 1. The van der Waals surface area contributed by atoms with E-state index in [1.54, 1.807) is 25.3 Å². The number of aromatic amines is 1. The quantitative estimate of drug-likeness (QED) is 0.567. The van der Waals surface area contributed by atoms with Gasteiger partial charge in [0.25, 0.3) is 5.78 Å². The molecule has 0 bridgehead atoms. The van der Waals surface area contributed by atoms with Crippen LogP contribution in [0.3, 0.4) is 0 Å². The van der Waals surface area contributed by atoms with Crippen LogP contribution in [0.4, 0.5) is 0 Å². The Hall–Kier alpha value is -2.17. The van der Waals surface area contributed by atoms with Gasteiger partial charge in [0.15, 0.2) is 0 Å². The van der Waals surface area contributed by atoms with Crippen molar-refractivity contribution >= 4 is 22.8 Å². The van der Waals surface area contributed by atoms with Crippen molar-refractivity contribution in [3.63, 3.8) is 0 Å². The molecule has 0 saturated heterocycles. The molecule has 2 heterocycles. The number of carbonyl (C=O) groups is 2. The normalized spacial score (nSPS) is 10.5. The summed E-state index contributed by atoms with van der Waals surface area (Å²) in [5.41, 5.74) is 1.24. The van der Waals surface area contributed by atoms with Crippen molar-refractivity contribution in [2.45, 2.75) is 6.92 Å². The van der Waals surface area contributed by atoms with Crippen LogP contribution in [0.5, 0.6) is 0 Å². The number of carboxylic acids is 1. The molecule has 0 aromatic carbocycles. The van der Waals surface area contributed by atoms with E-state index < -0.39 is 11.8 Å². The molecule has 15 heavy (non-hydrogen) atoms. The number of hydrogen-bond donors (Lipinski definition) is 2. The van der Waals surface area contributed by atoms with Crippen molar-refractivity contribution in [2.24, 2.45) is 0 Å². The molecule has 2 N–H and O–H groups in total. The number of aryl methyl sites for hydroxylation is 1. The highest BCUT2D eigenvalue weighted by Crippen LogP contribution is 2.20. The van der Waals surface area contributed by atoms with Crippen LogP contribution in [0.25, 0.3) is 11.0 Å². The molecule has 2 aromatic rings. The van der Waals surface area contributed by atoms with Crippen molar-refractivity contribution in [3.05, 3.63) is 29.6 Å². The molecule has 0 fully saturated rings. The molecular weight excluding hydrogens is 196 g/mol. The zero-order chi connectivity index (χ0) is 11.0. The van der Waals surface area contributed by atoms with E-state index >= 15 is 0 Å². The van der Waals surface area contributed by atoms with Gasteiger partial charge in [0, 0.05) is 17.3 Å². The smallest absolute Gasteiger partial charge is 0.377 e. The van der Waals surface area contributed by atoms with E-state index in [1.807, 2.05) is 0 Å². The lowest BCUT2D eigenvalue weighted by atomic mass is 10.1. The Morgan fingerprint density at radius 1 is 1.47 bits per heavy atom. The largest absolute Gasteiger partial charge is 0.475 e. The minimum absolute atomic E-state index is 0.186. The van der Waals surface area contributed by atoms with E-state index in [0.29, 0.717) is 16.7 Å². The summed E-state index contributed by atoms with van der Waals surface area (Å²) in [6.45, 7) is 1.65. The first-order valence-electron chi connectivity index (χ1n) is 4.32. The molecule has 0 amide bonds. The molecule has 0 radical (unpaired) electrons. The van der Waals surface area contributed by atoms with Crippen LogP contribution in [0.1, 0.15) is 16.1 Å². The van der Waals surface area contributed by atoms with Gasteiger partial charge in [-0.25, -0.2) is 9.78 Å². The Kier molecular flexibility index (Phi) is 2.00. The van der Waals surface area contributed by atoms with E-state index in [-0.39, 0.29) is 5.56 Å². The van der Waals surface area contributed by atoms with E-state index in [0.717, 1.165) is 0 Å². The number of fused-ring (bicyclic) bond motifs is 1. The third-order valence-corrected chi connectivity index (χ3v) is 2.18. The van der Waals surface area contributed by atoms with Gasteiger partial charge in [-0.15, -0.1) is 0 Å². The number of nitrogens with zero attached hydrogens (tertiary/aromatic N) is 1. The summed E-state index contributed by atoms with van der Waals surface area (Å²) in [7, 11) is 0. The number of ketones is 1. The molecule has 76 valence electrons. The SMILES string of the molecule is Cc1[nH]c2ncccc2c1C(=O)C(=O)O. The number of carbonyl (C=O) groups excluding carboxylic acids is 1. The second-order valence-electron chi connectivity index (χ2n) is 3.16. The van der Waals surface area contributed by atoms with Crippen LogP contribution in [0, 0.1) is 6.92 Å². The van der Waals surface area contributed by atoms with E-state index in [9.17, 15) is 9.59 Å². The number of carboxylic acid groups (broad SMARTS) is 1. The van der Waals surface area contributed by atoms with Gasteiger partial charge in [0.2, 0.25) is 0 Å². The summed E-state index contributed by atoms with van der Waals surface area (Å²) in [5.74, 6) is -2.37. The lowest BCUT2D eigenvalue weighted by molar-refractivity contribution is -0.131. The lowest BCUT2D eigenvalue weighted by Crippen LogP contribution is -2.13. The first-order valence-corrected chi connectivity index (χ1v) is 4.32. The highest BCUT2D eigenvalue weighted by molar-refractivity contribution is 6.42. The highest BCUT2D eigenvalue weighted by Gasteiger charge is 2.21. The predicted molar refractivity (Wildman–Crippen MR) is 52.8 cm³/mol. The number of rotatable bonds is 2. The summed E-state index contributed by atoms with van der Waals surface area (Å²) in [4.78, 5) is 28.9. The highest BCUT2D eigenvalue weighted by atomic mass is 16.4. The molecule has 0 aliphatic carbocycles. The van der Waals surface area contributed by atoms with Crippen molar-refractivity contribution in [3.8, 4) is 0 Å². The summed E-state index contributed by atoms with van der Waals surface area (Å²) in [6, 6.07) is 3.33. The van der Waals surface area contributed by atoms with Gasteiger partial charge in [-0.2, -0.15) is 0 Å². The lowest BCUT2D eigenvalue weighted by Gasteiger charge is -1.94. The minimum atomic E-state index is -1.46. The summed E-state index contributed by atoms with van der Waals surface area (Å²) in [6.07, 6.45) is 1.58. The van der Waals surface area contributed by atoms with Crippen LogP contribution < -0.4 is 0 Å². The molecule has 0 aliphatic heterocycles. The van der Waals surface area contributed by atoms with Gasteiger partial charge in [-0.3, -0.25) is 4.79 Å². The van der Waals surface area contributed by atoms with Gasteiger partial charge in [-0.1, -0.05) is 0 Å². The molecule has 0 aliphatic rings. The summed E-state index contributed by atoms with van der Waals surface area (Å²) >= 11 is 0. The standard InChI is InChI=1S/C10H8N2O3/c1-5-7(8(13)10(14)15)6-3-2-4-11-9(6)12-5/h2-4H,1H3,(H,11,12)(H,14,15). The summed E-state index contributed by atoms with van der Waals surface area (Å²) in [5, 5.41) is 9.20. The molecule has 5 heteroatoms. The predicted octanol–water partition coefficient (Wildman–Crippen LogP) is 1.14. The number of hydrogen-bond acceptors (Lipinski definition) is 3. The maximum absolute atomic E-state index is 11.4. The summed E-state index contributed by atoms with van der Waals surface area (Å²) < 4.78 is 0. The number of nitrogens with one attached hydrogen (secondary N) is 1. The second-order valence-corrected chi connectivity index (χ2v) is 3.16. The van der Waals surface area contributed by atoms with Crippen molar-refractivity contribution in [1.82, 2.24) is 9.97 Å². The fraction of sp³-hybridized carbons (Fsp3) is 0.100. The topological polar surface area (TPSA) is 83.0 Å². The Bertz CT molecular complexity index is 557. The van der Waals surface area contributed by atoms with Crippen molar-refractivity contribution < 1.29 is 14.7 Å². The van der Waals surface area contributed by atoms with E-state index in [4.69, 9.17) is 5.11 Å². The Balaban J connectivity index is 2.74. The molecule has 0 saturated carbocycles. The molecule has 0 unspecified atom stereocenters. The zero-order valence-corrected chi connectivity index (χ0v) is 7.94. The zero-order valence-electron chi connectivity index (χ0n) is 7.94. The first kappa shape index (κ1) is 9.39. The fourth-order valence-electron chi connectivity index (χ4n) is 1.55. The Labute approximate surface area is 84.8 Å². The number of Topliss-reactive ketones (excluding diaryl/α,β-unsaturated/α-hetero) is 1. The van der Waals surface area contributed by atoms with Crippen LogP contribution >= 0.6 is 0 Å². The van der Waals surface area contributed by atoms with Crippen molar-refractivity contribution in [1.29, 1.82) is 0 Å². The van der Waals surface area contributed by atoms with Gasteiger partial charge in [0.05, 0.1) is 5.56 Å². The van der Waals surface area contributed by atoms with Gasteiger partial charge in [-0.05, 0) is 19.1 Å². The van der Waals surface area contributed by atoms with E-state index in [2.05, 4.69) is 9.97 Å². The molecule has 5 nitrogen and oxygen atoms in total. The number of aliphatic carboxylic acids is 1. The van der Waals surface area contributed by atoms with Crippen LogP contribution in [-0.4, -0.2) is 26.8 Å². The average Bonchev–Trinajstić information content (AvgIpc) is 2.52. The van der Waals surface area contributed by atoms with Crippen LogP contribution in [0.2, 0.25) is 0 Å². The minimum Gasteiger partial charge on any atom is -0.475 e.